The summed E-state index contributed by atoms with van der Waals surface area (Å²) in [4.78, 5) is 96.8. The van der Waals surface area contributed by atoms with E-state index in [4.69, 9.17) is 5.73 Å². The number of nitrogens with two attached hydrogens (primary N) is 1. The molecule has 1 saturated heterocycles. The summed E-state index contributed by atoms with van der Waals surface area (Å²) in [5.74, 6) is -7.02. The molecule has 0 spiro atoms. The summed E-state index contributed by atoms with van der Waals surface area (Å²) in [5.41, 5.74) is 9.08. The van der Waals surface area contributed by atoms with Crippen molar-refractivity contribution in [2.24, 2.45) is 5.73 Å². The van der Waals surface area contributed by atoms with Crippen LogP contribution in [-0.2, 0) is 52.8 Å². The third-order valence-corrected chi connectivity index (χ3v) is 10.2. The van der Waals surface area contributed by atoms with Crippen molar-refractivity contribution in [1.82, 2.24) is 31.2 Å². The minimum Gasteiger partial charge on any atom is -0.481 e. The Morgan fingerprint density at radius 3 is 1.95 bits per heavy atom. The van der Waals surface area contributed by atoms with Gasteiger partial charge < -0.3 is 52.2 Å². The molecule has 59 heavy (non-hydrogen) atoms. The number of benzene rings is 3. The Labute approximate surface area is 339 Å². The van der Waals surface area contributed by atoms with Crippen LogP contribution in [0, 0.1) is 0 Å². The molecule has 10 N–H and O–H groups in total. The van der Waals surface area contributed by atoms with E-state index in [9.17, 15) is 48.9 Å². The number of aliphatic hydroxyl groups excluding tert-OH is 1. The molecule has 2 heterocycles. The van der Waals surface area contributed by atoms with Crippen molar-refractivity contribution in [1.29, 1.82) is 0 Å². The van der Waals surface area contributed by atoms with Crippen LogP contribution in [0.5, 0.6) is 0 Å². The molecule has 3 aromatic carbocycles. The SMILES string of the molecule is C[C@@H](O)[C@H](NC(=O)[C@@H](N)Cc1c[nH]c2ccccc12)C(=O)N[C@@H](Cc1ccccc1)C(=O)N[C@@H](CC(=O)O)C(=O)N1CCC[C@H]1C(=O)N[C@@H](Cc1ccccc1)C(=O)O. The van der Waals surface area contributed by atoms with Gasteiger partial charge in [0.05, 0.1) is 18.6 Å². The van der Waals surface area contributed by atoms with E-state index in [2.05, 4.69) is 26.3 Å². The van der Waals surface area contributed by atoms with Crippen LogP contribution in [0.2, 0.25) is 0 Å². The van der Waals surface area contributed by atoms with Crippen LogP contribution in [0.4, 0.5) is 0 Å². The highest BCUT2D eigenvalue weighted by molar-refractivity contribution is 5.98. The van der Waals surface area contributed by atoms with Crippen LogP contribution >= 0.6 is 0 Å². The zero-order valence-electron chi connectivity index (χ0n) is 32.4. The number of nitrogens with zero attached hydrogens (tertiary/aromatic N) is 1. The summed E-state index contributed by atoms with van der Waals surface area (Å²) in [6, 6.07) is 16.3. The standard InChI is InChI=1S/C42H49N7O10/c1-24(50)36(48-37(53)29(43)21-27-23-44-30-16-9-8-15-28(27)30)40(56)45-31(19-25-11-4-2-5-12-25)38(54)46-32(22-35(51)52)41(57)49-18-10-17-34(49)39(55)47-33(42(58)59)20-26-13-6-3-7-14-26/h2-9,11-16,23-24,29,31-34,36,44,50H,10,17-22,43H2,1H3,(H,45,56)(H,46,54)(H,47,55)(H,48,53)(H,51,52)(H,58,59)/t24-,29+,31+,32+,33+,34+,36+/m1/s1. The lowest BCUT2D eigenvalue weighted by Crippen LogP contribution is -2.61. The number of aromatic nitrogens is 1. The topological polar surface area (TPSA) is 273 Å². The van der Waals surface area contributed by atoms with Crippen molar-refractivity contribution in [3.63, 3.8) is 0 Å². The molecule has 5 amide bonds. The number of carboxylic acids is 2. The fourth-order valence-corrected chi connectivity index (χ4v) is 7.08. The van der Waals surface area contributed by atoms with E-state index in [1.165, 1.54) is 6.92 Å². The lowest BCUT2D eigenvalue weighted by molar-refractivity contribution is -0.147. The molecule has 0 unspecified atom stereocenters. The number of carbonyl (C=O) groups excluding carboxylic acids is 5. The first-order valence-corrected chi connectivity index (χ1v) is 19.2. The molecule has 1 fully saturated rings. The second kappa shape index (κ2) is 20.2. The molecule has 0 aliphatic carbocycles. The van der Waals surface area contributed by atoms with Gasteiger partial charge >= 0.3 is 11.9 Å². The molecule has 4 aromatic rings. The Balaban J connectivity index is 1.30. The number of H-pyrrole nitrogens is 1. The first kappa shape index (κ1) is 43.5. The summed E-state index contributed by atoms with van der Waals surface area (Å²) >= 11 is 0. The van der Waals surface area contributed by atoms with Gasteiger partial charge in [0.1, 0.15) is 30.2 Å². The Morgan fingerprint density at radius 2 is 1.34 bits per heavy atom. The summed E-state index contributed by atoms with van der Waals surface area (Å²) in [6.07, 6.45) is -0.152. The zero-order valence-corrected chi connectivity index (χ0v) is 32.4. The fourth-order valence-electron chi connectivity index (χ4n) is 7.08. The van der Waals surface area contributed by atoms with Crippen molar-refractivity contribution in [3.05, 3.63) is 108 Å². The largest absolute Gasteiger partial charge is 0.481 e. The molecule has 17 heteroatoms. The van der Waals surface area contributed by atoms with Gasteiger partial charge in [-0.3, -0.25) is 28.8 Å². The molecule has 0 radical (unpaired) electrons. The monoisotopic (exact) mass is 811 g/mol. The molecule has 312 valence electrons. The van der Waals surface area contributed by atoms with E-state index in [-0.39, 0.29) is 32.2 Å². The van der Waals surface area contributed by atoms with Gasteiger partial charge in [0, 0.05) is 36.5 Å². The van der Waals surface area contributed by atoms with E-state index in [0.717, 1.165) is 21.4 Å². The van der Waals surface area contributed by atoms with E-state index in [0.29, 0.717) is 17.5 Å². The third kappa shape index (κ3) is 11.7. The van der Waals surface area contributed by atoms with Crippen LogP contribution in [-0.4, -0.2) is 116 Å². The van der Waals surface area contributed by atoms with E-state index in [1.54, 1.807) is 66.9 Å². The van der Waals surface area contributed by atoms with Crippen LogP contribution in [0.25, 0.3) is 10.9 Å². The van der Waals surface area contributed by atoms with Gasteiger partial charge in [-0.25, -0.2) is 4.79 Å². The highest BCUT2D eigenvalue weighted by Crippen LogP contribution is 2.21. The van der Waals surface area contributed by atoms with E-state index in [1.807, 2.05) is 24.3 Å². The van der Waals surface area contributed by atoms with Gasteiger partial charge in [-0.1, -0.05) is 78.9 Å². The lowest BCUT2D eigenvalue weighted by Gasteiger charge is -2.30. The van der Waals surface area contributed by atoms with Gasteiger partial charge in [-0.2, -0.15) is 0 Å². The number of para-hydroxylation sites is 1. The van der Waals surface area contributed by atoms with Gasteiger partial charge in [-0.15, -0.1) is 0 Å². The molecular formula is C42H49N7O10. The molecule has 17 nitrogen and oxygen atoms in total. The Kier molecular flexibility index (Phi) is 14.9. The quantitative estimate of drug-likeness (QED) is 0.0625. The second-order valence-corrected chi connectivity index (χ2v) is 14.6. The maximum atomic E-state index is 14.0. The average molecular weight is 812 g/mol. The predicted octanol–water partition coefficient (Wildman–Crippen LogP) is 0.393. The number of carboxylic acid groups (broad SMARTS) is 2. The van der Waals surface area contributed by atoms with E-state index >= 15 is 0 Å². The van der Waals surface area contributed by atoms with Crippen molar-refractivity contribution in [2.45, 2.75) is 87.8 Å². The number of aromatic amines is 1. The minimum absolute atomic E-state index is 0.0216. The van der Waals surface area contributed by atoms with Crippen molar-refractivity contribution < 1.29 is 48.9 Å². The number of aliphatic hydroxyl groups is 1. The summed E-state index contributed by atoms with van der Waals surface area (Å²) in [6.45, 7) is 1.30. The van der Waals surface area contributed by atoms with Gasteiger partial charge in [-0.05, 0) is 48.9 Å². The number of fused-ring (bicyclic) bond motifs is 1. The molecular weight excluding hydrogens is 763 g/mol. The number of rotatable bonds is 19. The normalized spacial score (nSPS) is 16.8. The third-order valence-electron chi connectivity index (χ3n) is 10.2. The van der Waals surface area contributed by atoms with Crippen molar-refractivity contribution in [3.8, 4) is 0 Å². The van der Waals surface area contributed by atoms with Crippen LogP contribution < -0.4 is 27.0 Å². The highest BCUT2D eigenvalue weighted by Gasteiger charge is 2.40. The molecule has 1 aromatic heterocycles. The average Bonchev–Trinajstić information content (AvgIpc) is 3.87. The summed E-state index contributed by atoms with van der Waals surface area (Å²) in [5, 5.41) is 41.1. The molecule has 1 aliphatic rings. The molecule has 0 bridgehead atoms. The van der Waals surface area contributed by atoms with Crippen molar-refractivity contribution >= 4 is 52.4 Å². The number of nitrogens with one attached hydrogen (secondary N) is 5. The summed E-state index contributed by atoms with van der Waals surface area (Å²) in [7, 11) is 0. The first-order chi connectivity index (χ1) is 28.2. The Morgan fingerprint density at radius 1 is 0.746 bits per heavy atom. The molecule has 5 rings (SSSR count). The molecule has 0 saturated carbocycles. The minimum atomic E-state index is -1.70. The second-order valence-electron chi connectivity index (χ2n) is 14.6. The van der Waals surface area contributed by atoms with Crippen LogP contribution in [0.15, 0.2) is 91.1 Å². The number of carbonyl (C=O) groups is 7. The molecule has 7 atom stereocenters. The predicted molar refractivity (Wildman–Crippen MR) is 214 cm³/mol. The van der Waals surface area contributed by atoms with Gasteiger partial charge in [0.25, 0.3) is 0 Å². The number of hydrogen-bond acceptors (Lipinski definition) is 9. The Bertz CT molecular complexity index is 2130. The van der Waals surface area contributed by atoms with Crippen LogP contribution in [0.1, 0.15) is 42.9 Å². The Hall–Kier alpha value is -6.59. The van der Waals surface area contributed by atoms with Gasteiger partial charge in [0.15, 0.2) is 0 Å². The number of hydrogen-bond donors (Lipinski definition) is 9. The van der Waals surface area contributed by atoms with Crippen molar-refractivity contribution in [2.75, 3.05) is 6.54 Å². The maximum absolute atomic E-state index is 14.0. The smallest absolute Gasteiger partial charge is 0.326 e. The van der Waals surface area contributed by atoms with Gasteiger partial charge in [0.2, 0.25) is 29.5 Å². The number of aliphatic carboxylic acids is 2. The highest BCUT2D eigenvalue weighted by atomic mass is 16.4. The number of amides is 5. The first-order valence-electron chi connectivity index (χ1n) is 19.2. The molecule has 1 aliphatic heterocycles. The zero-order chi connectivity index (χ0) is 42.6. The van der Waals surface area contributed by atoms with E-state index < -0.39 is 90.3 Å². The van der Waals surface area contributed by atoms with Crippen LogP contribution in [0.3, 0.4) is 0 Å². The number of likely N-dealkylation sites (tertiary alicyclic amines) is 1. The summed E-state index contributed by atoms with van der Waals surface area (Å²) < 4.78 is 0. The lowest BCUT2D eigenvalue weighted by atomic mass is 10.0. The fraction of sp³-hybridized carbons (Fsp3) is 0.357. The maximum Gasteiger partial charge on any atom is 0.326 e.